The number of rotatable bonds is 4. The highest BCUT2D eigenvalue weighted by molar-refractivity contribution is 8.13. The lowest BCUT2D eigenvalue weighted by atomic mass is 10.4. The fraction of sp³-hybridized carbons (Fsp3) is 0.333. The molecular formula is C12H14O3S. The fourth-order valence-electron chi connectivity index (χ4n) is 1.08. The molecule has 0 bridgehead atoms. The van der Waals surface area contributed by atoms with Crippen molar-refractivity contribution in [1.29, 1.82) is 0 Å². The number of carbonyl (C=O) groups excluding carboxylic acids is 2. The monoisotopic (exact) mass is 238 g/mol. The molecule has 1 aromatic carbocycles. The molecule has 0 aliphatic heterocycles. The predicted octanol–water partition coefficient (Wildman–Crippen LogP) is 2.65. The van der Waals surface area contributed by atoms with Crippen molar-refractivity contribution < 1.29 is 14.3 Å². The van der Waals surface area contributed by atoms with Gasteiger partial charge in [-0.15, -0.1) is 0 Å². The van der Waals surface area contributed by atoms with Gasteiger partial charge in [0.2, 0.25) is 5.12 Å². The first-order chi connectivity index (χ1) is 7.58. The van der Waals surface area contributed by atoms with E-state index in [4.69, 9.17) is 4.74 Å². The van der Waals surface area contributed by atoms with Gasteiger partial charge in [-0.25, -0.2) is 0 Å². The van der Waals surface area contributed by atoms with Crippen LogP contribution in [0.3, 0.4) is 0 Å². The maximum absolute atomic E-state index is 11.5. The molecule has 3 nitrogen and oxygen atoms in total. The van der Waals surface area contributed by atoms with E-state index in [1.165, 1.54) is 0 Å². The minimum atomic E-state index is -0.469. The molecule has 4 heteroatoms. The quantitative estimate of drug-likeness (QED) is 0.459. The van der Waals surface area contributed by atoms with Crippen molar-refractivity contribution in [2.45, 2.75) is 31.3 Å². The summed E-state index contributed by atoms with van der Waals surface area (Å²) in [6.07, 6.45) is -0.361. The van der Waals surface area contributed by atoms with E-state index in [1.54, 1.807) is 13.8 Å². The van der Waals surface area contributed by atoms with Crippen molar-refractivity contribution in [2.24, 2.45) is 0 Å². The van der Waals surface area contributed by atoms with E-state index in [2.05, 4.69) is 0 Å². The lowest BCUT2D eigenvalue weighted by Crippen LogP contribution is -2.13. The number of carbonyl (C=O) groups is 2. The van der Waals surface area contributed by atoms with Gasteiger partial charge in [0.1, 0.15) is 6.42 Å². The summed E-state index contributed by atoms with van der Waals surface area (Å²) in [6, 6.07) is 9.23. The molecule has 0 N–H and O–H groups in total. The Morgan fingerprint density at radius 3 is 2.44 bits per heavy atom. The van der Waals surface area contributed by atoms with Crippen molar-refractivity contribution in [3.05, 3.63) is 30.3 Å². The van der Waals surface area contributed by atoms with E-state index >= 15 is 0 Å². The Kier molecular flexibility index (Phi) is 5.05. The third-order valence-corrected chi connectivity index (χ3v) is 2.51. The highest BCUT2D eigenvalue weighted by atomic mass is 32.2. The van der Waals surface area contributed by atoms with Gasteiger partial charge in [0.05, 0.1) is 6.10 Å². The standard InChI is InChI=1S/C12H14O3S/c1-9(2)15-11(13)8-12(14)16-10-6-4-3-5-7-10/h3-7,9H,8H2,1-2H3. The Morgan fingerprint density at radius 1 is 1.25 bits per heavy atom. The molecule has 0 heterocycles. The second kappa shape index (κ2) is 6.33. The number of benzene rings is 1. The van der Waals surface area contributed by atoms with Crippen LogP contribution in [0.4, 0.5) is 0 Å². The van der Waals surface area contributed by atoms with E-state index < -0.39 is 5.97 Å². The smallest absolute Gasteiger partial charge is 0.314 e. The van der Waals surface area contributed by atoms with Crippen molar-refractivity contribution in [1.82, 2.24) is 0 Å². The minimum Gasteiger partial charge on any atom is -0.463 e. The molecule has 1 aromatic rings. The molecule has 0 spiro atoms. The average molecular weight is 238 g/mol. The topological polar surface area (TPSA) is 43.4 Å². The molecule has 0 aromatic heterocycles. The number of hydrogen-bond donors (Lipinski definition) is 0. The summed E-state index contributed by atoms with van der Waals surface area (Å²) in [4.78, 5) is 23.5. The van der Waals surface area contributed by atoms with Gasteiger partial charge in [-0.1, -0.05) is 30.0 Å². The number of ether oxygens (including phenoxy) is 1. The van der Waals surface area contributed by atoms with Crippen LogP contribution in [-0.4, -0.2) is 17.2 Å². The SMILES string of the molecule is CC(C)OC(=O)CC(=O)Sc1ccccc1. The molecule has 0 aliphatic carbocycles. The van der Waals surface area contributed by atoms with Crippen LogP contribution < -0.4 is 0 Å². The summed E-state index contributed by atoms with van der Waals surface area (Å²) in [5.74, 6) is -0.469. The summed E-state index contributed by atoms with van der Waals surface area (Å²) in [6.45, 7) is 3.51. The van der Waals surface area contributed by atoms with E-state index in [0.29, 0.717) is 0 Å². The van der Waals surface area contributed by atoms with Gasteiger partial charge in [0.15, 0.2) is 0 Å². The molecule has 0 aliphatic rings. The van der Waals surface area contributed by atoms with Crippen molar-refractivity contribution >= 4 is 22.8 Å². The van der Waals surface area contributed by atoms with Gasteiger partial charge in [-0.05, 0) is 26.0 Å². The zero-order valence-electron chi connectivity index (χ0n) is 9.30. The molecular weight excluding hydrogens is 224 g/mol. The second-order valence-electron chi connectivity index (χ2n) is 3.50. The molecule has 0 atom stereocenters. The van der Waals surface area contributed by atoms with Crippen LogP contribution in [0.5, 0.6) is 0 Å². The zero-order chi connectivity index (χ0) is 12.0. The van der Waals surface area contributed by atoms with Crippen molar-refractivity contribution in [3.63, 3.8) is 0 Å². The largest absolute Gasteiger partial charge is 0.463 e. The Morgan fingerprint density at radius 2 is 1.88 bits per heavy atom. The van der Waals surface area contributed by atoms with Crippen LogP contribution in [0.25, 0.3) is 0 Å². The summed E-state index contributed by atoms with van der Waals surface area (Å²) < 4.78 is 4.89. The van der Waals surface area contributed by atoms with Gasteiger partial charge < -0.3 is 4.74 Å². The van der Waals surface area contributed by atoms with E-state index in [1.807, 2.05) is 30.3 Å². The molecule has 0 unspecified atom stereocenters. The van der Waals surface area contributed by atoms with Crippen LogP contribution in [0.1, 0.15) is 20.3 Å². The molecule has 0 amide bonds. The predicted molar refractivity (Wildman–Crippen MR) is 63.2 cm³/mol. The summed E-state index contributed by atoms with van der Waals surface area (Å²) >= 11 is 1.06. The Labute approximate surface area is 99.2 Å². The van der Waals surface area contributed by atoms with Gasteiger partial charge in [-0.2, -0.15) is 0 Å². The summed E-state index contributed by atoms with van der Waals surface area (Å²) in [7, 11) is 0. The zero-order valence-corrected chi connectivity index (χ0v) is 10.1. The summed E-state index contributed by atoms with van der Waals surface area (Å²) in [5, 5.41) is -0.197. The molecule has 86 valence electrons. The van der Waals surface area contributed by atoms with E-state index in [9.17, 15) is 9.59 Å². The number of hydrogen-bond acceptors (Lipinski definition) is 4. The van der Waals surface area contributed by atoms with Crippen LogP contribution in [-0.2, 0) is 14.3 Å². The van der Waals surface area contributed by atoms with Gasteiger partial charge >= 0.3 is 5.97 Å². The first-order valence-corrected chi connectivity index (χ1v) is 5.85. The molecule has 16 heavy (non-hydrogen) atoms. The van der Waals surface area contributed by atoms with Crippen molar-refractivity contribution in [2.75, 3.05) is 0 Å². The Balaban J connectivity index is 2.39. The third-order valence-electron chi connectivity index (χ3n) is 1.63. The fourth-order valence-corrected chi connectivity index (χ4v) is 1.82. The molecule has 0 fully saturated rings. The minimum absolute atomic E-state index is 0.179. The highest BCUT2D eigenvalue weighted by Crippen LogP contribution is 2.19. The number of thioether (sulfide) groups is 1. The normalized spacial score (nSPS) is 10.2. The molecule has 0 radical (unpaired) electrons. The maximum atomic E-state index is 11.5. The molecule has 0 saturated carbocycles. The molecule has 0 saturated heterocycles. The second-order valence-corrected chi connectivity index (χ2v) is 4.63. The highest BCUT2D eigenvalue weighted by Gasteiger charge is 2.13. The van der Waals surface area contributed by atoms with Gasteiger partial charge in [0.25, 0.3) is 0 Å². The van der Waals surface area contributed by atoms with Gasteiger partial charge in [0, 0.05) is 4.90 Å². The lowest BCUT2D eigenvalue weighted by Gasteiger charge is -2.06. The van der Waals surface area contributed by atoms with Gasteiger partial charge in [-0.3, -0.25) is 9.59 Å². The first-order valence-electron chi connectivity index (χ1n) is 5.03. The first kappa shape index (κ1) is 12.8. The number of esters is 1. The molecule has 1 rings (SSSR count). The van der Waals surface area contributed by atoms with Crippen molar-refractivity contribution in [3.8, 4) is 0 Å². The van der Waals surface area contributed by atoms with Crippen LogP contribution in [0.2, 0.25) is 0 Å². The maximum Gasteiger partial charge on any atom is 0.314 e. The van der Waals surface area contributed by atoms with Crippen LogP contribution >= 0.6 is 11.8 Å². The Bertz CT molecular complexity index is 360. The van der Waals surface area contributed by atoms with Crippen LogP contribution in [0.15, 0.2) is 35.2 Å². The third kappa shape index (κ3) is 4.98. The van der Waals surface area contributed by atoms with E-state index in [-0.39, 0.29) is 17.6 Å². The summed E-state index contributed by atoms with van der Waals surface area (Å²) in [5.41, 5.74) is 0. The average Bonchev–Trinajstić information content (AvgIpc) is 2.17. The Hall–Kier alpha value is -1.29. The lowest BCUT2D eigenvalue weighted by molar-refractivity contribution is -0.148. The van der Waals surface area contributed by atoms with Crippen LogP contribution in [0, 0.1) is 0 Å². The van der Waals surface area contributed by atoms with E-state index in [0.717, 1.165) is 16.7 Å².